The number of aromatic nitrogens is 1. The van der Waals surface area contributed by atoms with Crippen LogP contribution < -0.4 is 0 Å². The van der Waals surface area contributed by atoms with Crippen LogP contribution in [0.1, 0.15) is 0 Å². The minimum atomic E-state index is -0.997. The van der Waals surface area contributed by atoms with E-state index in [1.807, 2.05) is 12.1 Å². The molecule has 0 aromatic carbocycles. The van der Waals surface area contributed by atoms with Crippen molar-refractivity contribution < 1.29 is 0 Å². The van der Waals surface area contributed by atoms with Gasteiger partial charge >= 0.3 is 0 Å². The highest BCUT2D eigenvalue weighted by atomic mass is 28.3. The van der Waals surface area contributed by atoms with Gasteiger partial charge in [0, 0.05) is 18.1 Å². The summed E-state index contributed by atoms with van der Waals surface area (Å²) in [6.07, 6.45) is 4.12. The summed E-state index contributed by atoms with van der Waals surface area (Å²) in [7, 11) is -0.997. The molecule has 0 unspecified atom stereocenters. The van der Waals surface area contributed by atoms with Crippen LogP contribution in [0, 0.1) is 0 Å². The number of allylic oxidation sites excluding steroid dienone is 1. The molecular formula is C10H17NSi. The SMILES string of the molecule is C=C(C[Si](C)(C)C)n1cccc1. The van der Waals surface area contributed by atoms with Gasteiger partial charge in [0.1, 0.15) is 0 Å². The molecule has 1 nitrogen and oxygen atoms in total. The van der Waals surface area contributed by atoms with Gasteiger partial charge in [-0.2, -0.15) is 0 Å². The lowest BCUT2D eigenvalue weighted by Gasteiger charge is -2.18. The largest absolute Gasteiger partial charge is 0.328 e. The highest BCUT2D eigenvalue weighted by Gasteiger charge is 2.14. The van der Waals surface area contributed by atoms with Crippen LogP contribution in [0.3, 0.4) is 0 Å². The molecule has 0 aliphatic carbocycles. The molecule has 0 N–H and O–H groups in total. The molecule has 0 aliphatic heterocycles. The Balaban J connectivity index is 2.63. The van der Waals surface area contributed by atoms with Crippen molar-refractivity contribution in [2.45, 2.75) is 25.7 Å². The molecule has 0 radical (unpaired) electrons. The van der Waals surface area contributed by atoms with E-state index < -0.39 is 8.07 Å². The maximum absolute atomic E-state index is 4.08. The van der Waals surface area contributed by atoms with Crippen LogP contribution in [-0.2, 0) is 0 Å². The molecule has 0 saturated heterocycles. The lowest BCUT2D eigenvalue weighted by molar-refractivity contribution is 1.09. The minimum absolute atomic E-state index is 0.997. The van der Waals surface area contributed by atoms with Gasteiger partial charge in [-0.05, 0) is 18.2 Å². The summed E-state index contributed by atoms with van der Waals surface area (Å²) < 4.78 is 2.11. The molecule has 12 heavy (non-hydrogen) atoms. The molecule has 0 bridgehead atoms. The summed E-state index contributed by atoms with van der Waals surface area (Å²) >= 11 is 0. The van der Waals surface area contributed by atoms with Crippen molar-refractivity contribution in [1.82, 2.24) is 4.57 Å². The zero-order valence-electron chi connectivity index (χ0n) is 8.17. The number of rotatable bonds is 3. The van der Waals surface area contributed by atoms with Crippen molar-refractivity contribution in [2.24, 2.45) is 0 Å². The first-order valence-electron chi connectivity index (χ1n) is 4.30. The minimum Gasteiger partial charge on any atom is -0.328 e. The first-order chi connectivity index (χ1) is 5.49. The standard InChI is InChI=1S/C10H17NSi/c1-10(9-12(2,3)4)11-7-5-6-8-11/h5-8H,1,9H2,2-4H3. The fraction of sp³-hybridized carbons (Fsp3) is 0.400. The summed E-state index contributed by atoms with van der Waals surface area (Å²) in [5.74, 6) is 0. The van der Waals surface area contributed by atoms with Crippen molar-refractivity contribution in [2.75, 3.05) is 0 Å². The normalized spacial score (nSPS) is 11.6. The van der Waals surface area contributed by atoms with Crippen molar-refractivity contribution in [3.63, 3.8) is 0 Å². The van der Waals surface area contributed by atoms with Crippen LogP contribution in [-0.4, -0.2) is 12.6 Å². The van der Waals surface area contributed by atoms with Gasteiger partial charge in [-0.3, -0.25) is 0 Å². The fourth-order valence-electron chi connectivity index (χ4n) is 1.25. The van der Waals surface area contributed by atoms with Crippen LogP contribution in [0.4, 0.5) is 0 Å². The second-order valence-electron chi connectivity index (χ2n) is 4.39. The van der Waals surface area contributed by atoms with E-state index in [0.717, 1.165) is 0 Å². The average molecular weight is 179 g/mol. The highest BCUT2D eigenvalue weighted by Crippen LogP contribution is 2.18. The molecule has 1 rings (SSSR count). The Hall–Kier alpha value is -0.763. The molecule has 0 atom stereocenters. The van der Waals surface area contributed by atoms with E-state index in [-0.39, 0.29) is 0 Å². The predicted molar refractivity (Wildman–Crippen MR) is 57.9 cm³/mol. The zero-order valence-corrected chi connectivity index (χ0v) is 9.17. The predicted octanol–water partition coefficient (Wildman–Crippen LogP) is 3.30. The van der Waals surface area contributed by atoms with Crippen LogP contribution in [0.15, 0.2) is 31.1 Å². The Morgan fingerprint density at radius 2 is 1.75 bits per heavy atom. The molecule has 1 aromatic rings. The second-order valence-corrected chi connectivity index (χ2v) is 9.87. The summed E-state index contributed by atoms with van der Waals surface area (Å²) in [4.78, 5) is 0. The summed E-state index contributed by atoms with van der Waals surface area (Å²) in [5, 5.41) is 0. The van der Waals surface area contributed by atoms with Crippen LogP contribution in [0.2, 0.25) is 25.7 Å². The molecule has 0 saturated carbocycles. The third-order valence-electron chi connectivity index (χ3n) is 1.70. The lowest BCUT2D eigenvalue weighted by Crippen LogP contribution is -2.20. The Morgan fingerprint density at radius 3 is 2.17 bits per heavy atom. The van der Waals surface area contributed by atoms with Crippen molar-refractivity contribution in [1.29, 1.82) is 0 Å². The number of hydrogen-bond donors (Lipinski definition) is 0. The van der Waals surface area contributed by atoms with E-state index in [9.17, 15) is 0 Å². The van der Waals surface area contributed by atoms with Gasteiger partial charge in [0.2, 0.25) is 0 Å². The van der Waals surface area contributed by atoms with Gasteiger partial charge in [0.25, 0.3) is 0 Å². The van der Waals surface area contributed by atoms with Gasteiger partial charge in [0.05, 0.1) is 8.07 Å². The maximum atomic E-state index is 4.08. The number of nitrogens with zero attached hydrogens (tertiary/aromatic N) is 1. The van der Waals surface area contributed by atoms with Crippen molar-refractivity contribution in [3.8, 4) is 0 Å². The summed E-state index contributed by atoms with van der Waals surface area (Å²) in [6.45, 7) is 11.2. The second kappa shape index (κ2) is 3.31. The molecule has 1 heterocycles. The van der Waals surface area contributed by atoms with E-state index in [0.29, 0.717) is 0 Å². The molecule has 66 valence electrons. The van der Waals surface area contributed by atoms with Gasteiger partial charge in [-0.1, -0.05) is 26.2 Å². The van der Waals surface area contributed by atoms with Crippen molar-refractivity contribution >= 4 is 13.8 Å². The maximum Gasteiger partial charge on any atom is 0.0505 e. The van der Waals surface area contributed by atoms with E-state index in [2.05, 4.69) is 43.2 Å². The van der Waals surface area contributed by atoms with Crippen LogP contribution in [0.25, 0.3) is 5.70 Å². The third-order valence-corrected chi connectivity index (χ3v) is 3.17. The van der Waals surface area contributed by atoms with E-state index in [1.165, 1.54) is 11.7 Å². The Morgan fingerprint density at radius 1 is 1.25 bits per heavy atom. The van der Waals surface area contributed by atoms with Gasteiger partial charge in [-0.25, -0.2) is 0 Å². The van der Waals surface area contributed by atoms with E-state index >= 15 is 0 Å². The first-order valence-corrected chi connectivity index (χ1v) is 8.01. The first kappa shape index (κ1) is 9.33. The van der Waals surface area contributed by atoms with E-state index in [4.69, 9.17) is 0 Å². The van der Waals surface area contributed by atoms with Crippen molar-refractivity contribution in [3.05, 3.63) is 31.1 Å². The van der Waals surface area contributed by atoms with Gasteiger partial charge < -0.3 is 4.57 Å². The smallest absolute Gasteiger partial charge is 0.0505 e. The molecule has 0 aliphatic rings. The molecule has 1 aromatic heterocycles. The monoisotopic (exact) mass is 179 g/mol. The zero-order chi connectivity index (χ0) is 9.19. The van der Waals surface area contributed by atoms with E-state index in [1.54, 1.807) is 0 Å². The Labute approximate surface area is 75.7 Å². The quantitative estimate of drug-likeness (QED) is 0.627. The van der Waals surface area contributed by atoms with Crippen LogP contribution >= 0.6 is 0 Å². The van der Waals surface area contributed by atoms with Crippen LogP contribution in [0.5, 0.6) is 0 Å². The molecular weight excluding hydrogens is 162 g/mol. The molecule has 0 amide bonds. The average Bonchev–Trinajstić information content (AvgIpc) is 2.32. The van der Waals surface area contributed by atoms with Gasteiger partial charge in [-0.15, -0.1) is 0 Å². The summed E-state index contributed by atoms with van der Waals surface area (Å²) in [5.41, 5.74) is 1.22. The molecule has 2 heteroatoms. The molecule has 0 spiro atoms. The Kier molecular flexibility index (Phi) is 2.57. The number of hydrogen-bond acceptors (Lipinski definition) is 0. The highest BCUT2D eigenvalue weighted by molar-refractivity contribution is 6.77. The Bertz CT molecular complexity index is 254. The topological polar surface area (TPSA) is 4.93 Å². The lowest BCUT2D eigenvalue weighted by atomic mass is 10.5. The van der Waals surface area contributed by atoms with Gasteiger partial charge in [0.15, 0.2) is 0 Å². The fourth-order valence-corrected chi connectivity index (χ4v) is 2.66. The summed E-state index contributed by atoms with van der Waals surface area (Å²) in [6, 6.07) is 5.24. The third kappa shape index (κ3) is 2.70. The molecule has 0 fully saturated rings.